The molecule has 0 spiro atoms. The van der Waals surface area contributed by atoms with E-state index in [2.05, 4.69) is 16.4 Å². The van der Waals surface area contributed by atoms with Gasteiger partial charge in [0.1, 0.15) is 5.75 Å². The van der Waals surface area contributed by atoms with Crippen molar-refractivity contribution in [3.05, 3.63) is 59.7 Å². The van der Waals surface area contributed by atoms with Gasteiger partial charge in [0, 0.05) is 18.9 Å². The molecule has 0 heterocycles. The second-order valence-electron chi connectivity index (χ2n) is 4.81. The van der Waals surface area contributed by atoms with Crippen molar-refractivity contribution in [2.24, 2.45) is 10.7 Å². The molecule has 0 saturated carbocycles. The van der Waals surface area contributed by atoms with Crippen LogP contribution in [-0.2, 0) is 17.9 Å². The molecule has 5 heteroatoms. The summed E-state index contributed by atoms with van der Waals surface area (Å²) in [5.41, 5.74) is 8.96. The maximum absolute atomic E-state index is 5.92. The van der Waals surface area contributed by atoms with Crippen molar-refractivity contribution in [2.75, 3.05) is 19.5 Å². The van der Waals surface area contributed by atoms with Gasteiger partial charge in [-0.05, 0) is 23.3 Å². The van der Waals surface area contributed by atoms with E-state index in [1.54, 1.807) is 14.2 Å². The van der Waals surface area contributed by atoms with E-state index in [-0.39, 0.29) is 0 Å². The van der Waals surface area contributed by atoms with Crippen LogP contribution in [0.1, 0.15) is 11.1 Å². The monoisotopic (exact) mass is 299 g/mol. The topological polar surface area (TPSA) is 68.9 Å². The van der Waals surface area contributed by atoms with Gasteiger partial charge in [-0.15, -0.1) is 0 Å². The fourth-order valence-electron chi connectivity index (χ4n) is 2.05. The van der Waals surface area contributed by atoms with Crippen molar-refractivity contribution in [3.63, 3.8) is 0 Å². The van der Waals surface area contributed by atoms with E-state index in [1.165, 1.54) is 0 Å². The number of nitrogens with one attached hydrogen (secondary N) is 1. The molecule has 0 unspecified atom stereocenters. The van der Waals surface area contributed by atoms with Gasteiger partial charge in [0.15, 0.2) is 5.96 Å². The van der Waals surface area contributed by atoms with Crippen molar-refractivity contribution < 1.29 is 9.47 Å². The number of anilines is 1. The summed E-state index contributed by atoms with van der Waals surface area (Å²) in [6, 6.07) is 15.6. The minimum atomic E-state index is 0.366. The zero-order chi connectivity index (χ0) is 15.8. The maximum atomic E-state index is 5.92. The summed E-state index contributed by atoms with van der Waals surface area (Å²) in [6.07, 6.45) is 0. The normalized spacial score (nSPS) is 11.3. The van der Waals surface area contributed by atoms with Gasteiger partial charge < -0.3 is 20.5 Å². The molecule has 3 N–H and O–H groups in total. The third-order valence-electron chi connectivity index (χ3n) is 3.08. The van der Waals surface area contributed by atoms with Crippen LogP contribution in [0.5, 0.6) is 5.75 Å². The Morgan fingerprint density at radius 2 is 1.86 bits per heavy atom. The number of ether oxygens (including phenoxy) is 2. The van der Waals surface area contributed by atoms with Crippen LogP contribution in [0.2, 0.25) is 0 Å². The Morgan fingerprint density at radius 1 is 1.09 bits per heavy atom. The molecule has 2 aromatic rings. The van der Waals surface area contributed by atoms with Crippen LogP contribution in [-0.4, -0.2) is 20.2 Å². The number of rotatable bonds is 6. The third-order valence-corrected chi connectivity index (χ3v) is 3.08. The lowest BCUT2D eigenvalue weighted by molar-refractivity contribution is 0.185. The van der Waals surface area contributed by atoms with Gasteiger partial charge in [-0.2, -0.15) is 0 Å². The fourth-order valence-corrected chi connectivity index (χ4v) is 2.05. The highest BCUT2D eigenvalue weighted by molar-refractivity contribution is 5.92. The number of nitrogens with zero attached hydrogens (tertiary/aromatic N) is 1. The SMILES string of the molecule is COCc1cccc(CN=C(N)Nc2cccc(OC)c2)c1. The van der Waals surface area contributed by atoms with Crippen LogP contribution >= 0.6 is 0 Å². The summed E-state index contributed by atoms with van der Waals surface area (Å²) < 4.78 is 10.3. The Labute approximate surface area is 130 Å². The van der Waals surface area contributed by atoms with Gasteiger partial charge in [0.2, 0.25) is 0 Å². The molecule has 22 heavy (non-hydrogen) atoms. The van der Waals surface area contributed by atoms with E-state index in [9.17, 15) is 0 Å². The molecule has 2 rings (SSSR count). The lowest BCUT2D eigenvalue weighted by Crippen LogP contribution is -2.22. The number of benzene rings is 2. The molecule has 0 fully saturated rings. The largest absolute Gasteiger partial charge is 0.497 e. The molecule has 0 radical (unpaired) electrons. The molecule has 0 aliphatic carbocycles. The van der Waals surface area contributed by atoms with E-state index in [0.717, 1.165) is 22.6 Å². The van der Waals surface area contributed by atoms with Gasteiger partial charge >= 0.3 is 0 Å². The van der Waals surface area contributed by atoms with Crippen molar-refractivity contribution in [3.8, 4) is 5.75 Å². The van der Waals surface area contributed by atoms with Crippen molar-refractivity contribution >= 4 is 11.6 Å². The Kier molecular flexibility index (Phi) is 5.80. The number of methoxy groups -OCH3 is 2. The standard InChI is InChI=1S/C17H21N3O2/c1-21-12-14-6-3-5-13(9-14)11-19-17(18)20-15-7-4-8-16(10-15)22-2/h3-10H,11-12H2,1-2H3,(H3,18,19,20). The molecular formula is C17H21N3O2. The molecule has 2 aromatic carbocycles. The van der Waals surface area contributed by atoms with Gasteiger partial charge in [-0.3, -0.25) is 0 Å². The molecule has 0 aromatic heterocycles. The summed E-state index contributed by atoms with van der Waals surface area (Å²) in [5, 5.41) is 3.05. The predicted octanol–water partition coefficient (Wildman–Crippen LogP) is 2.77. The van der Waals surface area contributed by atoms with Crippen LogP contribution < -0.4 is 15.8 Å². The Bertz CT molecular complexity index is 641. The molecule has 0 amide bonds. The van der Waals surface area contributed by atoms with Crippen LogP contribution in [0.25, 0.3) is 0 Å². The highest BCUT2D eigenvalue weighted by Gasteiger charge is 1.99. The van der Waals surface area contributed by atoms with E-state index in [0.29, 0.717) is 19.1 Å². The summed E-state index contributed by atoms with van der Waals surface area (Å²) >= 11 is 0. The van der Waals surface area contributed by atoms with Gasteiger partial charge in [-0.1, -0.05) is 30.3 Å². The van der Waals surface area contributed by atoms with E-state index < -0.39 is 0 Å². The first kappa shape index (κ1) is 15.9. The number of hydrogen-bond acceptors (Lipinski definition) is 3. The van der Waals surface area contributed by atoms with E-state index in [1.807, 2.05) is 42.5 Å². The Morgan fingerprint density at radius 3 is 2.64 bits per heavy atom. The molecule has 116 valence electrons. The maximum Gasteiger partial charge on any atom is 0.193 e. The molecule has 0 saturated heterocycles. The molecular weight excluding hydrogens is 278 g/mol. The Hall–Kier alpha value is -2.53. The molecule has 0 atom stereocenters. The fraction of sp³-hybridized carbons (Fsp3) is 0.235. The van der Waals surface area contributed by atoms with Crippen LogP contribution in [0.3, 0.4) is 0 Å². The minimum Gasteiger partial charge on any atom is -0.497 e. The summed E-state index contributed by atoms with van der Waals surface area (Å²) in [6.45, 7) is 1.11. The minimum absolute atomic E-state index is 0.366. The second-order valence-corrected chi connectivity index (χ2v) is 4.81. The first-order valence-electron chi connectivity index (χ1n) is 6.99. The van der Waals surface area contributed by atoms with Crippen molar-refractivity contribution in [1.29, 1.82) is 0 Å². The zero-order valence-electron chi connectivity index (χ0n) is 12.9. The highest BCUT2D eigenvalue weighted by Crippen LogP contribution is 2.16. The number of guanidine groups is 1. The van der Waals surface area contributed by atoms with Crippen molar-refractivity contribution in [1.82, 2.24) is 0 Å². The average molecular weight is 299 g/mol. The summed E-state index contributed by atoms with van der Waals surface area (Å²) in [4.78, 5) is 4.35. The number of hydrogen-bond donors (Lipinski definition) is 2. The summed E-state index contributed by atoms with van der Waals surface area (Å²) in [5.74, 6) is 1.13. The van der Waals surface area contributed by atoms with Gasteiger partial charge in [0.05, 0.1) is 20.3 Å². The molecule has 0 aliphatic rings. The average Bonchev–Trinajstić information content (AvgIpc) is 2.54. The van der Waals surface area contributed by atoms with Gasteiger partial charge in [0.25, 0.3) is 0 Å². The Balaban J connectivity index is 1.98. The quantitative estimate of drug-likeness (QED) is 0.635. The van der Waals surface area contributed by atoms with Crippen LogP contribution in [0.15, 0.2) is 53.5 Å². The first-order valence-corrected chi connectivity index (χ1v) is 6.99. The van der Waals surface area contributed by atoms with Crippen molar-refractivity contribution in [2.45, 2.75) is 13.2 Å². The van der Waals surface area contributed by atoms with Crippen LogP contribution in [0.4, 0.5) is 5.69 Å². The third kappa shape index (κ3) is 4.79. The summed E-state index contributed by atoms with van der Waals surface area (Å²) in [7, 11) is 3.31. The van der Waals surface area contributed by atoms with Crippen LogP contribution in [0, 0.1) is 0 Å². The van der Waals surface area contributed by atoms with E-state index in [4.69, 9.17) is 15.2 Å². The first-order chi connectivity index (χ1) is 10.7. The molecule has 0 bridgehead atoms. The second kappa shape index (κ2) is 8.05. The van der Waals surface area contributed by atoms with Gasteiger partial charge in [-0.25, -0.2) is 4.99 Å². The smallest absolute Gasteiger partial charge is 0.193 e. The molecule has 5 nitrogen and oxygen atoms in total. The zero-order valence-corrected chi connectivity index (χ0v) is 12.9. The molecule has 0 aliphatic heterocycles. The predicted molar refractivity (Wildman–Crippen MR) is 89.1 cm³/mol. The highest BCUT2D eigenvalue weighted by atomic mass is 16.5. The number of aliphatic imine (C=N–C) groups is 1. The lowest BCUT2D eigenvalue weighted by Gasteiger charge is -2.08. The van der Waals surface area contributed by atoms with E-state index >= 15 is 0 Å². The lowest BCUT2D eigenvalue weighted by atomic mass is 10.1. The number of nitrogens with two attached hydrogens (primary N) is 1.